The third-order valence-corrected chi connectivity index (χ3v) is 13.3. The predicted molar refractivity (Wildman–Crippen MR) is 202 cm³/mol. The van der Waals surface area contributed by atoms with Gasteiger partial charge in [0.05, 0.1) is 30.1 Å². The summed E-state index contributed by atoms with van der Waals surface area (Å²) < 4.78 is 85.6. The van der Waals surface area contributed by atoms with E-state index in [2.05, 4.69) is 20.3 Å². The second kappa shape index (κ2) is 15.8. The van der Waals surface area contributed by atoms with Gasteiger partial charge in [-0.15, -0.1) is 0 Å². The van der Waals surface area contributed by atoms with Crippen molar-refractivity contribution in [2.24, 2.45) is 17.8 Å². The van der Waals surface area contributed by atoms with Crippen LogP contribution in [-0.4, -0.2) is 96.5 Å². The maximum absolute atomic E-state index is 14.7. The Morgan fingerprint density at radius 1 is 1.11 bits per heavy atom. The Labute approximate surface area is 333 Å². The highest BCUT2D eigenvalue weighted by molar-refractivity contribution is 7.91. The first-order valence-electron chi connectivity index (χ1n) is 18.9. The summed E-state index contributed by atoms with van der Waals surface area (Å²) in [4.78, 5) is 61.6. The van der Waals surface area contributed by atoms with Gasteiger partial charge in [-0.1, -0.05) is 43.7 Å². The van der Waals surface area contributed by atoms with Crippen molar-refractivity contribution in [3.8, 4) is 11.6 Å². The van der Waals surface area contributed by atoms with E-state index in [9.17, 15) is 40.8 Å². The maximum Gasteiger partial charge on any atom is 0.427 e. The number of rotatable bonds is 8. The van der Waals surface area contributed by atoms with Gasteiger partial charge in [-0.2, -0.15) is 13.2 Å². The Bertz CT molecular complexity index is 2060. The van der Waals surface area contributed by atoms with E-state index in [1.807, 2.05) is 13.0 Å². The number of benzene rings is 1. The first-order chi connectivity index (χ1) is 26.7. The van der Waals surface area contributed by atoms with Crippen LogP contribution in [0.15, 0.2) is 36.5 Å². The van der Waals surface area contributed by atoms with Crippen molar-refractivity contribution in [2.45, 2.75) is 113 Å². The van der Waals surface area contributed by atoms with Crippen LogP contribution in [0.4, 0.5) is 18.0 Å². The molecule has 4 aliphatic rings. The minimum Gasteiger partial charge on any atom is -0.494 e. The third-order valence-electron chi connectivity index (χ3n) is 11.2. The molecule has 1 aromatic carbocycles. The van der Waals surface area contributed by atoms with Crippen molar-refractivity contribution in [2.75, 3.05) is 13.7 Å². The SMILES string of the molecule is COc1cnc(O[C@@H]2C[C@H]3C(=O)N[C@]4(C(=O)NS(=O)(=O)C5CC5)C[C@H]4/C=C\CC[C@@H](C)C[C@@H](C)[C@H](NC(=O)OC(C)(C)C(F)(F)F)C(=O)N3C2)c2cccc(Cl)c12. The van der Waals surface area contributed by atoms with Crippen molar-refractivity contribution in [1.82, 2.24) is 25.2 Å². The first kappa shape index (κ1) is 42.3. The lowest BCUT2D eigenvalue weighted by Gasteiger charge is -2.34. The zero-order valence-electron chi connectivity index (χ0n) is 32.2. The summed E-state index contributed by atoms with van der Waals surface area (Å²) in [5.74, 6) is -3.26. The van der Waals surface area contributed by atoms with Crippen LogP contribution in [0, 0.1) is 17.8 Å². The molecule has 3 heterocycles. The van der Waals surface area contributed by atoms with Crippen LogP contribution in [-0.2, 0) is 29.1 Å². The van der Waals surface area contributed by atoms with Crippen molar-refractivity contribution < 1.29 is 55.0 Å². The summed E-state index contributed by atoms with van der Waals surface area (Å²) in [6.45, 7) is 4.73. The summed E-state index contributed by atoms with van der Waals surface area (Å²) in [5.41, 5.74) is -4.53. The van der Waals surface area contributed by atoms with Crippen LogP contribution >= 0.6 is 11.6 Å². The lowest BCUT2D eigenvalue weighted by molar-refractivity contribution is -0.244. The number of amides is 4. The third kappa shape index (κ3) is 8.91. The number of nitrogens with zero attached hydrogens (tertiary/aromatic N) is 2. The average Bonchev–Trinajstić information content (AvgIpc) is 4.05. The lowest BCUT2D eigenvalue weighted by atomic mass is 9.88. The number of aromatic nitrogens is 1. The number of hydrogen-bond donors (Lipinski definition) is 3. The number of sulfonamides is 1. The molecule has 2 aliphatic heterocycles. The molecule has 6 rings (SSSR count). The largest absolute Gasteiger partial charge is 0.494 e. The molecule has 3 N–H and O–H groups in total. The Kier molecular flexibility index (Phi) is 11.7. The van der Waals surface area contributed by atoms with Crippen molar-refractivity contribution in [3.63, 3.8) is 0 Å². The number of methoxy groups -OCH3 is 1. The minimum atomic E-state index is -4.92. The van der Waals surface area contributed by atoms with E-state index in [1.165, 1.54) is 18.2 Å². The molecule has 0 bridgehead atoms. The predicted octanol–water partition coefficient (Wildman–Crippen LogP) is 5.18. The van der Waals surface area contributed by atoms with Crippen LogP contribution in [0.2, 0.25) is 5.02 Å². The molecular weight excluding hydrogens is 795 g/mol. The van der Waals surface area contributed by atoms with Gasteiger partial charge in [0.1, 0.15) is 29.5 Å². The van der Waals surface area contributed by atoms with Gasteiger partial charge >= 0.3 is 12.3 Å². The van der Waals surface area contributed by atoms with Crippen molar-refractivity contribution in [1.29, 1.82) is 0 Å². The van der Waals surface area contributed by atoms with E-state index in [1.54, 1.807) is 31.2 Å². The van der Waals surface area contributed by atoms with Crippen LogP contribution in [0.3, 0.4) is 0 Å². The van der Waals surface area contributed by atoms with E-state index >= 15 is 0 Å². The number of allylic oxidation sites excluding steroid dienone is 1. The fourth-order valence-electron chi connectivity index (χ4n) is 7.55. The molecule has 57 heavy (non-hydrogen) atoms. The summed E-state index contributed by atoms with van der Waals surface area (Å²) in [7, 11) is -2.54. The number of alkyl carbamates (subject to hydrolysis) is 1. The zero-order chi connectivity index (χ0) is 41.7. The molecule has 0 unspecified atom stereocenters. The summed E-state index contributed by atoms with van der Waals surface area (Å²) in [6.07, 6.45) is -0.00747. The van der Waals surface area contributed by atoms with Crippen LogP contribution in [0.25, 0.3) is 10.8 Å². The number of carbonyl (C=O) groups is 4. The Morgan fingerprint density at radius 2 is 1.82 bits per heavy atom. The molecule has 2 aromatic rings. The van der Waals surface area contributed by atoms with Crippen LogP contribution < -0.4 is 24.8 Å². The van der Waals surface area contributed by atoms with Crippen LogP contribution in [0.1, 0.15) is 72.6 Å². The number of pyridine rings is 1. The van der Waals surface area contributed by atoms with Gasteiger partial charge in [0.2, 0.25) is 33.3 Å². The van der Waals surface area contributed by atoms with E-state index in [0.717, 1.165) is 0 Å². The molecule has 4 amide bonds. The molecule has 1 saturated heterocycles. The summed E-state index contributed by atoms with van der Waals surface area (Å²) in [6, 6.07) is 2.25. The number of fused-ring (bicyclic) bond motifs is 3. The van der Waals surface area contributed by atoms with Crippen LogP contribution in [0.5, 0.6) is 11.6 Å². The standard InChI is InChI=1S/C38H47ClF3N5O9S/c1-20-9-6-7-10-22-17-37(22,34(50)46-57(52,53)24-13-14-24)45-31(48)27-16-23(55-32-25-11-8-12-26(39)29(25)28(54-5)18-43-32)19-47(27)33(49)30(21(2)15-20)44-35(51)56-36(3,4)38(40,41)42/h7-8,10-12,18,20-24,27,30H,6,9,13-17,19H2,1-5H3,(H,44,51)(H,45,48)(H,46,50)/b10-7-/t20-,21-,22-,23-,27+,30+,37-/m1/s1. The van der Waals surface area contributed by atoms with Gasteiger partial charge in [0.15, 0.2) is 0 Å². The van der Waals surface area contributed by atoms with Gasteiger partial charge in [0.25, 0.3) is 5.91 Å². The Balaban J connectivity index is 1.36. The minimum absolute atomic E-state index is 0.0445. The van der Waals surface area contributed by atoms with Crippen molar-refractivity contribution in [3.05, 3.63) is 41.6 Å². The number of carbonyl (C=O) groups excluding carboxylic acids is 4. The monoisotopic (exact) mass is 841 g/mol. The quantitative estimate of drug-likeness (QED) is 0.300. The van der Waals surface area contributed by atoms with Gasteiger partial charge < -0.3 is 29.7 Å². The van der Waals surface area contributed by atoms with E-state index in [4.69, 9.17) is 25.8 Å². The van der Waals surface area contributed by atoms with E-state index < -0.39 is 86.4 Å². The first-order valence-corrected chi connectivity index (χ1v) is 20.8. The maximum atomic E-state index is 14.7. The number of nitrogens with one attached hydrogen (secondary N) is 3. The number of halogens is 4. The molecule has 1 aromatic heterocycles. The fraction of sp³-hybridized carbons (Fsp3) is 0.605. The summed E-state index contributed by atoms with van der Waals surface area (Å²) in [5, 5.41) is 5.76. The summed E-state index contributed by atoms with van der Waals surface area (Å²) >= 11 is 6.51. The number of hydrogen-bond acceptors (Lipinski definition) is 10. The van der Waals surface area contributed by atoms with E-state index in [0.29, 0.717) is 67.5 Å². The van der Waals surface area contributed by atoms with Gasteiger partial charge in [-0.3, -0.25) is 19.1 Å². The number of alkyl halides is 3. The molecule has 0 radical (unpaired) electrons. The molecule has 2 aliphatic carbocycles. The number of ether oxygens (including phenoxy) is 3. The van der Waals surface area contributed by atoms with E-state index in [-0.39, 0.29) is 31.2 Å². The highest BCUT2D eigenvalue weighted by atomic mass is 35.5. The molecule has 7 atom stereocenters. The smallest absolute Gasteiger partial charge is 0.427 e. The fourth-order valence-corrected chi connectivity index (χ4v) is 9.19. The highest BCUT2D eigenvalue weighted by Gasteiger charge is 2.62. The molecule has 312 valence electrons. The molecule has 3 fully saturated rings. The second-order valence-electron chi connectivity index (χ2n) is 16.1. The zero-order valence-corrected chi connectivity index (χ0v) is 33.7. The van der Waals surface area contributed by atoms with Gasteiger partial charge in [0, 0.05) is 23.1 Å². The highest BCUT2D eigenvalue weighted by Crippen LogP contribution is 2.46. The topological polar surface area (TPSA) is 182 Å². The Morgan fingerprint density at radius 3 is 2.49 bits per heavy atom. The lowest BCUT2D eigenvalue weighted by Crippen LogP contribution is -2.59. The van der Waals surface area contributed by atoms with Crippen molar-refractivity contribution >= 4 is 56.2 Å². The molecule has 0 spiro atoms. The molecule has 19 heteroatoms. The van der Waals surface area contributed by atoms with Gasteiger partial charge in [-0.05, 0) is 76.3 Å². The average molecular weight is 842 g/mol. The molecule has 2 saturated carbocycles. The normalized spacial score (nSPS) is 29.2. The molecular formula is C38H47ClF3N5O9S. The van der Waals surface area contributed by atoms with Gasteiger partial charge in [-0.25, -0.2) is 18.2 Å². The Hall–Kier alpha value is -4.32. The molecule has 14 nitrogen and oxygen atoms in total. The second-order valence-corrected chi connectivity index (χ2v) is 18.4.